The van der Waals surface area contributed by atoms with E-state index < -0.39 is 18.3 Å². The predicted molar refractivity (Wildman–Crippen MR) is 146 cm³/mol. The van der Waals surface area contributed by atoms with E-state index in [1.54, 1.807) is 7.05 Å². The average Bonchev–Trinajstić information content (AvgIpc) is 2.76. The molecule has 0 aromatic heterocycles. The highest BCUT2D eigenvalue weighted by atomic mass is 32.2. The van der Waals surface area contributed by atoms with Crippen LogP contribution in [0, 0.1) is 0 Å². The average molecular weight is 508 g/mol. The molecule has 0 unspecified atom stereocenters. The van der Waals surface area contributed by atoms with Crippen LogP contribution in [0.1, 0.15) is 110 Å². The second-order valence-electron chi connectivity index (χ2n) is 10.1. The quantitative estimate of drug-likeness (QED) is 0.0955. The van der Waals surface area contributed by atoms with E-state index in [0.717, 1.165) is 38.3 Å². The van der Waals surface area contributed by atoms with Gasteiger partial charge in [-0.25, -0.2) is 12.7 Å². The molecule has 0 saturated carbocycles. The summed E-state index contributed by atoms with van der Waals surface area (Å²) in [5, 5.41) is 0. The second kappa shape index (κ2) is 21.3. The van der Waals surface area contributed by atoms with Crippen LogP contribution in [0.3, 0.4) is 0 Å². The first-order valence-corrected chi connectivity index (χ1v) is 18.6. The molecule has 0 amide bonds. The van der Waals surface area contributed by atoms with Gasteiger partial charge >= 0.3 is 0 Å². The first-order chi connectivity index (χ1) is 15.7. The van der Waals surface area contributed by atoms with Crippen molar-refractivity contribution in [3.05, 3.63) is 0 Å². The molecule has 0 fully saturated rings. The van der Waals surface area contributed by atoms with E-state index in [2.05, 4.69) is 20.0 Å². The van der Waals surface area contributed by atoms with Crippen molar-refractivity contribution in [2.24, 2.45) is 0 Å². The fraction of sp³-hybridized carbons (Fsp3) is 1.00. The first kappa shape index (κ1) is 33.0. The van der Waals surface area contributed by atoms with Crippen molar-refractivity contribution in [2.45, 2.75) is 129 Å². The molecule has 0 aliphatic carbocycles. The van der Waals surface area contributed by atoms with Crippen molar-refractivity contribution in [1.29, 1.82) is 0 Å². The maximum absolute atomic E-state index is 12.4. The summed E-state index contributed by atoms with van der Waals surface area (Å²) >= 11 is 0. The molecule has 0 saturated heterocycles. The number of sulfonamides is 1. The van der Waals surface area contributed by atoms with E-state index >= 15 is 0 Å². The predicted octanol–water partition coefficient (Wildman–Crippen LogP) is 7.38. The third-order valence-electron chi connectivity index (χ3n) is 6.38. The molecule has 0 radical (unpaired) electrons. The Balaban J connectivity index is 3.58. The summed E-state index contributed by atoms with van der Waals surface area (Å²) in [6.45, 7) is 11.1. The maximum Gasteiger partial charge on any atom is 0.213 e. The minimum Gasteiger partial charge on any atom is -0.418 e. The molecule has 0 atom stereocenters. The minimum absolute atomic E-state index is 0.260. The van der Waals surface area contributed by atoms with Gasteiger partial charge in [0.2, 0.25) is 10.0 Å². The Bertz CT molecular complexity index is 528. The molecule has 0 aliphatic heterocycles. The summed E-state index contributed by atoms with van der Waals surface area (Å²) in [7, 11) is -3.03. The van der Waals surface area contributed by atoms with Crippen LogP contribution in [0.2, 0.25) is 19.1 Å². The molecule has 0 aromatic rings. The highest BCUT2D eigenvalue weighted by molar-refractivity contribution is 7.89. The Morgan fingerprint density at radius 2 is 1.18 bits per heavy atom. The molecule has 0 heterocycles. The summed E-state index contributed by atoms with van der Waals surface area (Å²) in [5.74, 6) is 0.260. The van der Waals surface area contributed by atoms with Crippen LogP contribution in [0.25, 0.3) is 0 Å². The maximum atomic E-state index is 12.4. The largest absolute Gasteiger partial charge is 0.418 e. The number of hydrogen-bond donors (Lipinski definition) is 0. The van der Waals surface area contributed by atoms with Crippen LogP contribution in [-0.4, -0.2) is 60.2 Å². The Morgan fingerprint density at radius 1 is 0.697 bits per heavy atom. The molecular weight excluding hydrogens is 450 g/mol. The summed E-state index contributed by atoms with van der Waals surface area (Å²) in [6.07, 6.45) is 18.9. The molecule has 0 rings (SSSR count). The van der Waals surface area contributed by atoms with Gasteiger partial charge in [0.05, 0.1) is 12.4 Å². The molecule has 0 aromatic carbocycles. The van der Waals surface area contributed by atoms with Crippen LogP contribution in [0.15, 0.2) is 0 Å². The van der Waals surface area contributed by atoms with E-state index in [4.69, 9.17) is 9.16 Å². The minimum atomic E-state index is -3.16. The van der Waals surface area contributed by atoms with Crippen LogP contribution in [0.4, 0.5) is 0 Å². The van der Waals surface area contributed by atoms with E-state index in [1.807, 2.05) is 6.92 Å². The molecule has 0 N–H and O–H groups in total. The van der Waals surface area contributed by atoms with Crippen LogP contribution in [0.5, 0.6) is 0 Å². The van der Waals surface area contributed by atoms with Crippen molar-refractivity contribution in [2.75, 3.05) is 39.2 Å². The van der Waals surface area contributed by atoms with Gasteiger partial charge in [0.15, 0.2) is 8.32 Å². The second-order valence-corrected chi connectivity index (χ2v) is 16.6. The lowest BCUT2D eigenvalue weighted by Crippen LogP contribution is -2.32. The molecule has 200 valence electrons. The zero-order valence-corrected chi connectivity index (χ0v) is 24.7. The van der Waals surface area contributed by atoms with Gasteiger partial charge in [0, 0.05) is 26.8 Å². The van der Waals surface area contributed by atoms with Gasteiger partial charge in [-0.15, -0.1) is 0 Å². The zero-order chi connectivity index (χ0) is 24.8. The smallest absolute Gasteiger partial charge is 0.213 e. The molecule has 7 heteroatoms. The topological polar surface area (TPSA) is 55.8 Å². The number of unbranched alkanes of at least 4 members (excludes halogenated alkanes) is 13. The van der Waals surface area contributed by atoms with Crippen molar-refractivity contribution < 1.29 is 17.6 Å². The lowest BCUT2D eigenvalue weighted by molar-refractivity contribution is 0.126. The third-order valence-corrected chi connectivity index (χ3v) is 10.9. The van der Waals surface area contributed by atoms with Gasteiger partial charge in [0.1, 0.15) is 0 Å². The normalized spacial score (nSPS) is 12.7. The van der Waals surface area contributed by atoms with Gasteiger partial charge < -0.3 is 9.16 Å². The number of ether oxygens (including phenoxy) is 1. The van der Waals surface area contributed by atoms with Gasteiger partial charge in [-0.05, 0) is 38.9 Å². The number of likely N-dealkylation sites (N-methyl/N-ethyl adjacent to an activating group) is 1. The summed E-state index contributed by atoms with van der Waals surface area (Å²) < 4.78 is 37.8. The molecule has 0 aliphatic rings. The standard InChI is InChI=1S/C26H57NO4SSi/c1-6-8-9-10-11-12-13-14-15-16-17-18-19-20-25-32(28,29)27(3)22-24-30-23-21-26-33(4,5)31-7-2/h6-26H2,1-5H3. The monoisotopic (exact) mass is 507 g/mol. The molecule has 0 bridgehead atoms. The Kier molecular flexibility index (Phi) is 21.4. The summed E-state index contributed by atoms with van der Waals surface area (Å²) in [6, 6.07) is 1.08. The highest BCUT2D eigenvalue weighted by Crippen LogP contribution is 2.14. The number of rotatable bonds is 25. The first-order valence-electron chi connectivity index (χ1n) is 13.9. The fourth-order valence-electron chi connectivity index (χ4n) is 4.13. The van der Waals surface area contributed by atoms with E-state index in [1.165, 1.54) is 74.9 Å². The lowest BCUT2D eigenvalue weighted by Gasteiger charge is -2.21. The van der Waals surface area contributed by atoms with Crippen LogP contribution in [-0.2, 0) is 19.2 Å². The van der Waals surface area contributed by atoms with Crippen molar-refractivity contribution >= 4 is 18.3 Å². The zero-order valence-electron chi connectivity index (χ0n) is 22.8. The van der Waals surface area contributed by atoms with Crippen molar-refractivity contribution in [3.8, 4) is 0 Å². The molecule has 5 nitrogen and oxygen atoms in total. The Labute approximate surface area is 208 Å². The van der Waals surface area contributed by atoms with E-state index in [9.17, 15) is 8.42 Å². The van der Waals surface area contributed by atoms with Gasteiger partial charge in [0.25, 0.3) is 0 Å². The van der Waals surface area contributed by atoms with Gasteiger partial charge in [-0.3, -0.25) is 0 Å². The number of hydrogen-bond acceptors (Lipinski definition) is 4. The fourth-order valence-corrected chi connectivity index (χ4v) is 7.29. The highest BCUT2D eigenvalue weighted by Gasteiger charge is 2.21. The Morgan fingerprint density at radius 3 is 1.67 bits per heavy atom. The molecule has 0 spiro atoms. The summed E-state index contributed by atoms with van der Waals surface area (Å²) in [4.78, 5) is 0. The van der Waals surface area contributed by atoms with Crippen LogP contribution < -0.4 is 0 Å². The number of nitrogens with zero attached hydrogens (tertiary/aromatic N) is 1. The van der Waals surface area contributed by atoms with Crippen molar-refractivity contribution in [1.82, 2.24) is 4.31 Å². The molecule has 33 heavy (non-hydrogen) atoms. The van der Waals surface area contributed by atoms with Crippen molar-refractivity contribution in [3.63, 3.8) is 0 Å². The third kappa shape index (κ3) is 21.1. The summed E-state index contributed by atoms with van der Waals surface area (Å²) in [5.41, 5.74) is 0. The Hall–Kier alpha value is 0.0469. The van der Waals surface area contributed by atoms with E-state index in [-0.39, 0.29) is 5.75 Å². The van der Waals surface area contributed by atoms with E-state index in [0.29, 0.717) is 19.8 Å². The SMILES string of the molecule is CCCCCCCCCCCCCCCCS(=O)(=O)N(C)CCOCCC[Si](C)(C)OCC. The van der Waals surface area contributed by atoms with Gasteiger partial charge in [-0.2, -0.15) is 0 Å². The molecular formula is C26H57NO4SSi. The lowest BCUT2D eigenvalue weighted by atomic mass is 10.0. The van der Waals surface area contributed by atoms with Crippen LogP contribution >= 0.6 is 0 Å². The van der Waals surface area contributed by atoms with Gasteiger partial charge in [-0.1, -0.05) is 90.4 Å².